The summed E-state index contributed by atoms with van der Waals surface area (Å²) in [6.45, 7) is 7.87. The molecule has 0 atom stereocenters. The van der Waals surface area contributed by atoms with Crippen LogP contribution in [0, 0.1) is 24.2 Å². The first-order valence-corrected chi connectivity index (χ1v) is 10.3. The molecule has 2 fully saturated rings. The number of aryl methyl sites for hydroxylation is 1. The number of nitrogens with one attached hydrogen (secondary N) is 1. The molecule has 3 rings (SSSR count). The van der Waals surface area contributed by atoms with Gasteiger partial charge in [0.1, 0.15) is 6.42 Å². The highest BCUT2D eigenvalue weighted by Gasteiger charge is 2.24. The number of amides is 1. The molecule has 1 saturated heterocycles. The van der Waals surface area contributed by atoms with Crippen molar-refractivity contribution in [2.75, 3.05) is 37.6 Å². The Morgan fingerprint density at radius 1 is 1.19 bits per heavy atom. The Morgan fingerprint density at radius 2 is 1.93 bits per heavy atom. The number of nitrogens with zero attached hydrogens (tertiary/aromatic N) is 3. The van der Waals surface area contributed by atoms with Gasteiger partial charge in [0, 0.05) is 37.9 Å². The van der Waals surface area contributed by atoms with Gasteiger partial charge in [-0.1, -0.05) is 12.1 Å². The standard InChI is InChI=1S/C22H32N4O/c1-18-3-2-4-21(17-18)26-15-13-25(14-16-26)12-10-19-5-7-20(8-6-19)24-22(27)9-11-23/h2-4,17,19-20H,5-10,12-16H2,1H3,(H,24,27)/t19-,20-. The van der Waals surface area contributed by atoms with Gasteiger partial charge in [-0.25, -0.2) is 0 Å². The van der Waals surface area contributed by atoms with Gasteiger partial charge in [-0.2, -0.15) is 5.26 Å². The van der Waals surface area contributed by atoms with Crippen LogP contribution in [0.25, 0.3) is 0 Å². The fourth-order valence-electron chi connectivity index (χ4n) is 4.37. The van der Waals surface area contributed by atoms with Gasteiger partial charge in [-0.05, 0) is 69.2 Å². The monoisotopic (exact) mass is 368 g/mol. The Kier molecular flexibility index (Phi) is 7.11. The Bertz CT molecular complexity index is 653. The number of hydrogen-bond acceptors (Lipinski definition) is 4. The second-order valence-corrected chi connectivity index (χ2v) is 8.08. The minimum atomic E-state index is -0.118. The molecule has 5 nitrogen and oxygen atoms in total. The van der Waals surface area contributed by atoms with Crippen molar-refractivity contribution in [1.29, 1.82) is 5.26 Å². The molecule has 1 aliphatic heterocycles. The number of carbonyl (C=O) groups excluding carboxylic acids is 1. The summed E-state index contributed by atoms with van der Waals surface area (Å²) in [6, 6.07) is 11.0. The van der Waals surface area contributed by atoms with Gasteiger partial charge >= 0.3 is 0 Å². The van der Waals surface area contributed by atoms with E-state index in [1.54, 1.807) is 0 Å². The summed E-state index contributed by atoms with van der Waals surface area (Å²) in [4.78, 5) is 16.6. The lowest BCUT2D eigenvalue weighted by Gasteiger charge is -2.37. The van der Waals surface area contributed by atoms with E-state index >= 15 is 0 Å². The zero-order valence-corrected chi connectivity index (χ0v) is 16.5. The topological polar surface area (TPSA) is 59.4 Å². The van der Waals surface area contributed by atoms with Crippen LogP contribution in [0.15, 0.2) is 24.3 Å². The SMILES string of the molecule is Cc1cccc(N2CCN(CC[C@H]3CC[C@H](NC(=O)CC#N)CC3)CC2)c1. The van der Waals surface area contributed by atoms with Crippen LogP contribution in [0.5, 0.6) is 0 Å². The average Bonchev–Trinajstić information content (AvgIpc) is 2.68. The van der Waals surface area contributed by atoms with Crippen LogP contribution in [0.3, 0.4) is 0 Å². The fraction of sp³-hybridized carbons (Fsp3) is 0.636. The molecule has 27 heavy (non-hydrogen) atoms. The molecule has 146 valence electrons. The fourth-order valence-corrected chi connectivity index (χ4v) is 4.37. The Labute approximate surface area is 163 Å². The first-order chi connectivity index (χ1) is 13.1. The van der Waals surface area contributed by atoms with E-state index in [2.05, 4.69) is 46.3 Å². The second-order valence-electron chi connectivity index (χ2n) is 8.08. The highest BCUT2D eigenvalue weighted by atomic mass is 16.1. The maximum Gasteiger partial charge on any atom is 0.234 e. The molecule has 1 aromatic carbocycles. The number of carbonyl (C=O) groups is 1. The summed E-state index contributed by atoms with van der Waals surface area (Å²) in [5, 5.41) is 11.6. The lowest BCUT2D eigenvalue weighted by atomic mass is 9.84. The van der Waals surface area contributed by atoms with E-state index in [4.69, 9.17) is 5.26 Å². The molecule has 0 aromatic heterocycles. The second kappa shape index (κ2) is 9.75. The summed E-state index contributed by atoms with van der Waals surface area (Å²) in [5.74, 6) is 0.663. The molecule has 1 saturated carbocycles. The highest BCUT2D eigenvalue weighted by molar-refractivity contribution is 5.78. The van der Waals surface area contributed by atoms with Crippen LogP contribution < -0.4 is 10.2 Å². The third-order valence-electron chi connectivity index (χ3n) is 6.04. The average molecular weight is 369 g/mol. The molecule has 0 radical (unpaired) electrons. The van der Waals surface area contributed by atoms with Crippen molar-refractivity contribution < 1.29 is 4.79 Å². The van der Waals surface area contributed by atoms with Crippen molar-refractivity contribution in [3.8, 4) is 6.07 Å². The van der Waals surface area contributed by atoms with Crippen LogP contribution in [0.1, 0.15) is 44.1 Å². The number of hydrogen-bond donors (Lipinski definition) is 1. The van der Waals surface area contributed by atoms with Gasteiger partial charge in [-0.3, -0.25) is 9.69 Å². The zero-order chi connectivity index (χ0) is 19.1. The molecule has 5 heteroatoms. The lowest BCUT2D eigenvalue weighted by molar-refractivity contribution is -0.121. The Morgan fingerprint density at radius 3 is 2.59 bits per heavy atom. The Hall–Kier alpha value is -2.06. The third kappa shape index (κ3) is 5.97. The van der Waals surface area contributed by atoms with E-state index in [0.29, 0.717) is 0 Å². The normalized spacial score (nSPS) is 23.6. The number of benzene rings is 1. The zero-order valence-electron chi connectivity index (χ0n) is 16.5. The van der Waals surface area contributed by atoms with Crippen molar-refractivity contribution in [1.82, 2.24) is 10.2 Å². The molecule has 1 heterocycles. The minimum absolute atomic E-state index is 0.0194. The maximum absolute atomic E-state index is 11.5. The molecular formula is C22H32N4O. The largest absolute Gasteiger partial charge is 0.369 e. The van der Waals surface area contributed by atoms with Crippen LogP contribution in [0.2, 0.25) is 0 Å². The van der Waals surface area contributed by atoms with Crippen molar-refractivity contribution >= 4 is 11.6 Å². The number of piperazine rings is 1. The molecular weight excluding hydrogens is 336 g/mol. The van der Waals surface area contributed by atoms with E-state index in [1.165, 1.54) is 37.1 Å². The predicted octanol–water partition coefficient (Wildman–Crippen LogP) is 3.10. The molecule has 1 aromatic rings. The van der Waals surface area contributed by atoms with E-state index in [0.717, 1.165) is 44.9 Å². The van der Waals surface area contributed by atoms with Gasteiger partial charge in [0.05, 0.1) is 6.07 Å². The van der Waals surface area contributed by atoms with Crippen LogP contribution in [0.4, 0.5) is 5.69 Å². The molecule has 0 unspecified atom stereocenters. The summed E-state index contributed by atoms with van der Waals surface area (Å²) in [7, 11) is 0. The molecule has 2 aliphatic rings. The van der Waals surface area contributed by atoms with E-state index in [9.17, 15) is 4.79 Å². The predicted molar refractivity (Wildman–Crippen MR) is 109 cm³/mol. The third-order valence-corrected chi connectivity index (χ3v) is 6.04. The van der Waals surface area contributed by atoms with Crippen molar-refractivity contribution in [2.45, 2.75) is 51.5 Å². The summed E-state index contributed by atoms with van der Waals surface area (Å²) < 4.78 is 0. The highest BCUT2D eigenvalue weighted by Crippen LogP contribution is 2.27. The lowest BCUT2D eigenvalue weighted by Crippen LogP contribution is -2.47. The smallest absolute Gasteiger partial charge is 0.234 e. The van der Waals surface area contributed by atoms with Crippen molar-refractivity contribution in [3.63, 3.8) is 0 Å². The molecule has 1 N–H and O–H groups in total. The van der Waals surface area contributed by atoms with E-state index < -0.39 is 0 Å². The number of nitriles is 1. The molecule has 0 spiro atoms. The van der Waals surface area contributed by atoms with E-state index in [1.807, 2.05) is 6.07 Å². The van der Waals surface area contributed by atoms with Crippen LogP contribution in [-0.4, -0.2) is 49.6 Å². The first-order valence-electron chi connectivity index (χ1n) is 10.3. The van der Waals surface area contributed by atoms with Crippen molar-refractivity contribution in [2.24, 2.45) is 5.92 Å². The van der Waals surface area contributed by atoms with E-state index in [-0.39, 0.29) is 18.4 Å². The quantitative estimate of drug-likeness (QED) is 0.838. The molecule has 1 amide bonds. The van der Waals surface area contributed by atoms with Gasteiger partial charge in [0.25, 0.3) is 0 Å². The molecule has 0 bridgehead atoms. The number of rotatable bonds is 6. The van der Waals surface area contributed by atoms with Crippen LogP contribution >= 0.6 is 0 Å². The minimum Gasteiger partial charge on any atom is -0.369 e. The van der Waals surface area contributed by atoms with Gasteiger partial charge < -0.3 is 10.2 Å². The Balaban J connectivity index is 1.33. The summed E-state index contributed by atoms with van der Waals surface area (Å²) in [6.07, 6.45) is 5.76. The summed E-state index contributed by atoms with van der Waals surface area (Å²) >= 11 is 0. The molecule has 1 aliphatic carbocycles. The maximum atomic E-state index is 11.5. The van der Waals surface area contributed by atoms with Gasteiger partial charge in [-0.15, -0.1) is 0 Å². The first kappa shape index (κ1) is 19.7. The number of anilines is 1. The summed E-state index contributed by atoms with van der Waals surface area (Å²) in [5.41, 5.74) is 2.68. The van der Waals surface area contributed by atoms with Gasteiger partial charge in [0.15, 0.2) is 0 Å². The van der Waals surface area contributed by atoms with Crippen molar-refractivity contribution in [3.05, 3.63) is 29.8 Å². The van der Waals surface area contributed by atoms with Gasteiger partial charge in [0.2, 0.25) is 5.91 Å². The van der Waals surface area contributed by atoms with Crippen LogP contribution in [-0.2, 0) is 4.79 Å².